The second-order valence-corrected chi connectivity index (χ2v) is 18.3. The van der Waals surface area contributed by atoms with Gasteiger partial charge in [-0.15, -0.1) is 22.7 Å². The quantitative estimate of drug-likeness (QED) is 0.110. The summed E-state index contributed by atoms with van der Waals surface area (Å²) in [4.78, 5) is 12.3. The first-order valence-corrected chi connectivity index (χ1v) is 22.7. The fourth-order valence-electron chi connectivity index (χ4n) is 7.99. The summed E-state index contributed by atoms with van der Waals surface area (Å²) in [5.41, 5.74) is 3.70. The van der Waals surface area contributed by atoms with Gasteiger partial charge in [0.05, 0.1) is 78.1 Å². The molecule has 0 spiro atoms. The van der Waals surface area contributed by atoms with E-state index in [1.165, 1.54) is 38.5 Å². The van der Waals surface area contributed by atoms with E-state index in [2.05, 4.69) is 31.5 Å². The molecule has 2 aromatic heterocycles. The second-order valence-electron chi connectivity index (χ2n) is 16.7. The lowest BCUT2D eigenvalue weighted by molar-refractivity contribution is 0.291. The van der Waals surface area contributed by atoms with Crippen molar-refractivity contribution in [3.63, 3.8) is 0 Å². The number of thiazole rings is 2. The van der Waals surface area contributed by atoms with Gasteiger partial charge in [0.25, 0.3) is 0 Å². The number of hydrogen-bond acceptors (Lipinski definition) is 12. The Hall–Kier alpha value is -4.56. The van der Waals surface area contributed by atoms with E-state index in [9.17, 15) is 0 Å². The van der Waals surface area contributed by atoms with Crippen LogP contribution in [0.5, 0.6) is 34.5 Å². The number of benzene rings is 2. The van der Waals surface area contributed by atoms with Crippen LogP contribution in [0.3, 0.4) is 0 Å². The Morgan fingerprint density at radius 1 is 0.610 bits per heavy atom. The monoisotopic (exact) mass is 844 g/mol. The Morgan fingerprint density at radius 2 is 1.08 bits per heavy atom. The number of methoxy groups -OCH3 is 5. The molecule has 2 atom stereocenters. The van der Waals surface area contributed by atoms with Gasteiger partial charge in [-0.3, -0.25) is 9.98 Å². The minimum absolute atomic E-state index is 0.119. The molecule has 14 heteroatoms. The maximum Gasteiger partial charge on any atom is 0.206 e. The third kappa shape index (κ3) is 10.1. The summed E-state index contributed by atoms with van der Waals surface area (Å²) in [6, 6.07) is 8.19. The number of aromatic nitrogens is 2. The van der Waals surface area contributed by atoms with Crippen LogP contribution >= 0.6 is 22.7 Å². The molecule has 2 unspecified atom stereocenters. The topological polar surface area (TPSA) is 115 Å². The maximum atomic E-state index is 6.68. The van der Waals surface area contributed by atoms with Crippen LogP contribution in [0.15, 0.2) is 55.2 Å². The molecular formula is C45H60N6O6S2. The highest BCUT2D eigenvalue weighted by Crippen LogP contribution is 2.48. The summed E-state index contributed by atoms with van der Waals surface area (Å²) in [7, 11) is 8.18. The van der Waals surface area contributed by atoms with Gasteiger partial charge in [-0.05, 0) is 44.2 Å². The van der Waals surface area contributed by atoms with Crippen LogP contribution < -0.4 is 38.0 Å². The third-order valence-corrected chi connectivity index (χ3v) is 13.2. The van der Waals surface area contributed by atoms with Crippen LogP contribution in [0.25, 0.3) is 0 Å². The van der Waals surface area contributed by atoms with Gasteiger partial charge in [0, 0.05) is 51.3 Å². The average molecular weight is 845 g/mol. The van der Waals surface area contributed by atoms with E-state index >= 15 is 0 Å². The molecule has 12 nitrogen and oxygen atoms in total. The van der Waals surface area contributed by atoms with Crippen molar-refractivity contribution in [3.8, 4) is 34.5 Å². The third-order valence-electron chi connectivity index (χ3n) is 11.5. The second kappa shape index (κ2) is 19.2. The molecule has 7 rings (SSSR count). The predicted octanol–water partition coefficient (Wildman–Crippen LogP) is 9.17. The molecule has 0 bridgehead atoms. The lowest BCUT2D eigenvalue weighted by Gasteiger charge is -2.19. The summed E-state index contributed by atoms with van der Waals surface area (Å²) in [5, 5.41) is 14.6. The molecule has 0 aliphatic heterocycles. The Morgan fingerprint density at radius 3 is 1.63 bits per heavy atom. The van der Waals surface area contributed by atoms with Crippen LogP contribution in [0.4, 0.5) is 0 Å². The first-order chi connectivity index (χ1) is 28.6. The lowest BCUT2D eigenvalue weighted by atomic mass is 9.93. The molecule has 3 saturated carbocycles. The maximum absolute atomic E-state index is 6.68. The molecule has 59 heavy (non-hydrogen) atoms. The van der Waals surface area contributed by atoms with E-state index in [1.807, 2.05) is 46.0 Å². The van der Waals surface area contributed by atoms with Gasteiger partial charge in [-0.25, -0.2) is 9.35 Å². The van der Waals surface area contributed by atoms with Crippen LogP contribution in [-0.2, 0) is 5.41 Å². The van der Waals surface area contributed by atoms with E-state index in [4.69, 9.17) is 48.6 Å². The molecule has 4 aromatic rings. The summed E-state index contributed by atoms with van der Waals surface area (Å²) in [5.74, 6) is 4.27. The Kier molecular flexibility index (Phi) is 13.9. The zero-order chi connectivity index (χ0) is 41.5. The first-order valence-electron chi connectivity index (χ1n) is 20.9. The fraction of sp³-hybridized carbons (Fsp3) is 0.556. The smallest absolute Gasteiger partial charge is 0.206 e. The molecule has 3 aliphatic carbocycles. The zero-order valence-electron chi connectivity index (χ0n) is 35.9. The standard InChI is InChI=1S/C45H60N6O6S2/c1-45(2,3)42-28-59-44(49-33-17-13-10-14-18-33)51(42)47-25-30-21-39(54-6)41(56-8)23-37(30)57-26-31-19-34(31)35-27-58-43(48-32-15-11-9-12-16-32)50(35)46-24-29-20-38(53-5)40(55-7)22-36(29)52-4/h20-25,27-28,31-34H,9-19,26H2,1-8H3. The van der Waals surface area contributed by atoms with Crippen molar-refractivity contribution in [1.29, 1.82) is 0 Å². The highest BCUT2D eigenvalue weighted by atomic mass is 32.1. The summed E-state index contributed by atoms with van der Waals surface area (Å²) >= 11 is 3.32. The van der Waals surface area contributed by atoms with E-state index < -0.39 is 0 Å². The Bertz CT molecular complexity index is 2250. The molecule has 0 N–H and O–H groups in total. The van der Waals surface area contributed by atoms with E-state index in [-0.39, 0.29) is 17.3 Å². The SMILES string of the molecule is COc1cc(OC)c(OC)cc1C=Nn1c(C2CC2COc2cc(OC)c(OC)cc2C=Nn2c(C(C)(C)C)csc2=NC2CCCCC2)csc1=NC1CCCCC1. The molecular weight excluding hydrogens is 785 g/mol. The van der Waals surface area contributed by atoms with Gasteiger partial charge in [0.1, 0.15) is 11.5 Å². The molecule has 3 fully saturated rings. The van der Waals surface area contributed by atoms with Crippen molar-refractivity contribution in [1.82, 2.24) is 9.35 Å². The van der Waals surface area contributed by atoms with Gasteiger partial charge in [0.15, 0.2) is 23.0 Å². The van der Waals surface area contributed by atoms with Crippen LogP contribution in [0.1, 0.15) is 120 Å². The Labute approximate surface area is 356 Å². The highest BCUT2D eigenvalue weighted by Gasteiger charge is 2.41. The molecule has 0 saturated heterocycles. The van der Waals surface area contributed by atoms with E-state index in [0.717, 1.165) is 64.2 Å². The van der Waals surface area contributed by atoms with Gasteiger partial charge in [-0.2, -0.15) is 10.2 Å². The fourth-order valence-corrected chi connectivity index (χ4v) is 10.1. The van der Waals surface area contributed by atoms with Gasteiger partial charge >= 0.3 is 0 Å². The zero-order valence-corrected chi connectivity index (χ0v) is 37.5. The van der Waals surface area contributed by atoms with Crippen molar-refractivity contribution in [2.75, 3.05) is 42.2 Å². The van der Waals surface area contributed by atoms with Crippen molar-refractivity contribution in [3.05, 3.63) is 67.1 Å². The summed E-state index contributed by atoms with van der Waals surface area (Å²) < 4.78 is 39.0. The van der Waals surface area contributed by atoms with Gasteiger partial charge in [-0.1, -0.05) is 59.3 Å². The number of hydrogen-bond donors (Lipinski definition) is 0. The Balaban J connectivity index is 1.17. The predicted molar refractivity (Wildman–Crippen MR) is 236 cm³/mol. The van der Waals surface area contributed by atoms with Crippen LogP contribution in [0.2, 0.25) is 0 Å². The van der Waals surface area contributed by atoms with Crippen molar-refractivity contribution in [2.45, 2.75) is 115 Å². The van der Waals surface area contributed by atoms with Crippen molar-refractivity contribution in [2.24, 2.45) is 26.1 Å². The molecule has 3 aliphatic rings. The molecule has 2 aromatic carbocycles. The lowest BCUT2D eigenvalue weighted by Crippen LogP contribution is -2.24. The molecule has 0 amide bonds. The van der Waals surface area contributed by atoms with E-state index in [1.54, 1.807) is 58.2 Å². The first kappa shape index (κ1) is 42.6. The normalized spacial score (nSPS) is 19.8. The summed E-state index contributed by atoms with van der Waals surface area (Å²) in [6.45, 7) is 7.15. The van der Waals surface area contributed by atoms with Crippen LogP contribution in [-0.4, -0.2) is 76.0 Å². The number of nitrogens with zero attached hydrogens (tertiary/aromatic N) is 6. The largest absolute Gasteiger partial charge is 0.496 e. The molecule has 318 valence electrons. The van der Waals surface area contributed by atoms with Crippen LogP contribution in [0, 0.1) is 5.92 Å². The number of ether oxygens (including phenoxy) is 6. The van der Waals surface area contributed by atoms with Gasteiger partial charge in [0.2, 0.25) is 9.60 Å². The van der Waals surface area contributed by atoms with Gasteiger partial charge < -0.3 is 28.4 Å². The molecule has 2 heterocycles. The average Bonchev–Trinajstić information content (AvgIpc) is 3.73. The van der Waals surface area contributed by atoms with Crippen molar-refractivity contribution >= 4 is 35.1 Å². The minimum atomic E-state index is -0.119. The van der Waals surface area contributed by atoms with E-state index in [0.29, 0.717) is 53.2 Å². The molecule has 0 radical (unpaired) electrons. The minimum Gasteiger partial charge on any atom is -0.496 e. The highest BCUT2D eigenvalue weighted by molar-refractivity contribution is 7.07. The summed E-state index contributed by atoms with van der Waals surface area (Å²) in [6.07, 6.45) is 16.6. The van der Waals surface area contributed by atoms with Crippen molar-refractivity contribution < 1.29 is 28.4 Å². The number of rotatable bonds is 15.